The molecule has 10 heteroatoms. The summed E-state index contributed by atoms with van der Waals surface area (Å²) >= 11 is 6.39. The van der Waals surface area contributed by atoms with Crippen molar-refractivity contribution < 1.29 is 23.9 Å². The maximum Gasteiger partial charge on any atom is 0.408 e. The summed E-state index contributed by atoms with van der Waals surface area (Å²) in [6, 6.07) is 11.8. The van der Waals surface area contributed by atoms with Gasteiger partial charge in [-0.25, -0.2) is 4.79 Å². The van der Waals surface area contributed by atoms with Crippen LogP contribution >= 0.6 is 11.6 Å². The number of rotatable bonds is 9. The van der Waals surface area contributed by atoms with Crippen LogP contribution in [0.15, 0.2) is 48.5 Å². The molecule has 4 N–H and O–H groups in total. The number of hydrogen-bond acceptors (Lipinski definition) is 5. The molecule has 2 atom stereocenters. The van der Waals surface area contributed by atoms with Crippen LogP contribution in [0.2, 0.25) is 5.02 Å². The number of nitrogens with two attached hydrogens (primary N) is 1. The lowest BCUT2D eigenvalue weighted by atomic mass is 9.94. The fraction of sp³-hybridized carbons (Fsp3) is 0.448. The lowest BCUT2D eigenvalue weighted by molar-refractivity contribution is -0.147. The zero-order valence-corrected chi connectivity index (χ0v) is 24.4. The number of halogens is 1. The first-order valence-corrected chi connectivity index (χ1v) is 13.1. The largest absolute Gasteiger partial charge is 0.444 e. The summed E-state index contributed by atoms with van der Waals surface area (Å²) in [5, 5.41) is 5.83. The number of nitrogens with one attached hydrogen (secondary N) is 2. The summed E-state index contributed by atoms with van der Waals surface area (Å²) in [6.07, 6.45) is -1.07. The molecule has 4 amide bonds. The second-order valence-corrected chi connectivity index (χ2v) is 11.7. The molecule has 0 aliphatic carbocycles. The van der Waals surface area contributed by atoms with Gasteiger partial charge in [-0.2, -0.15) is 0 Å². The standard InChI is InChI=1S/C29H39ClN4O5/c1-18-12-11-15-20(30)23(18)33-25(36)24(19-13-9-8-10-14-19)34(28(2,3)4)26(37)21(16-17-22(31)35)32-27(38)39-29(5,6)7/h8-15,21,24H,16-17H2,1-7H3,(H2,31,35)(H,32,38)(H,33,36). The zero-order valence-electron chi connectivity index (χ0n) is 23.6. The number of primary amides is 1. The fourth-order valence-electron chi connectivity index (χ4n) is 4.04. The van der Waals surface area contributed by atoms with Crippen LogP contribution in [-0.4, -0.2) is 45.9 Å². The van der Waals surface area contributed by atoms with Crippen molar-refractivity contribution in [2.45, 2.75) is 84.5 Å². The molecule has 0 radical (unpaired) electrons. The Hall–Kier alpha value is -3.59. The van der Waals surface area contributed by atoms with Crippen LogP contribution in [0.1, 0.15) is 71.6 Å². The van der Waals surface area contributed by atoms with E-state index in [1.807, 2.05) is 13.0 Å². The second-order valence-electron chi connectivity index (χ2n) is 11.3. The summed E-state index contributed by atoms with van der Waals surface area (Å²) in [6.45, 7) is 12.3. The Morgan fingerprint density at radius 3 is 2.10 bits per heavy atom. The Morgan fingerprint density at radius 1 is 0.974 bits per heavy atom. The van der Waals surface area contributed by atoms with E-state index >= 15 is 0 Å². The lowest BCUT2D eigenvalue weighted by Gasteiger charge is -2.43. The van der Waals surface area contributed by atoms with Gasteiger partial charge in [0.15, 0.2) is 0 Å². The maximum absolute atomic E-state index is 14.2. The molecule has 2 unspecified atom stereocenters. The quantitative estimate of drug-likeness (QED) is 0.393. The smallest absolute Gasteiger partial charge is 0.408 e. The molecule has 0 bridgehead atoms. The van der Waals surface area contributed by atoms with E-state index in [1.54, 1.807) is 84.0 Å². The summed E-state index contributed by atoms with van der Waals surface area (Å²) in [5.74, 6) is -1.70. The van der Waals surface area contributed by atoms with Crippen LogP contribution in [0, 0.1) is 6.92 Å². The third kappa shape index (κ3) is 9.28. The number of para-hydroxylation sites is 1. The third-order valence-corrected chi connectivity index (χ3v) is 6.04. The number of ether oxygens (including phenoxy) is 1. The van der Waals surface area contributed by atoms with E-state index in [2.05, 4.69) is 10.6 Å². The van der Waals surface area contributed by atoms with Crippen molar-refractivity contribution in [3.8, 4) is 0 Å². The first-order chi connectivity index (χ1) is 18.0. The Morgan fingerprint density at radius 2 is 1.59 bits per heavy atom. The monoisotopic (exact) mass is 558 g/mol. The third-order valence-electron chi connectivity index (χ3n) is 5.72. The van der Waals surface area contributed by atoms with E-state index in [0.29, 0.717) is 16.3 Å². The molecular weight excluding hydrogens is 520 g/mol. The summed E-state index contributed by atoms with van der Waals surface area (Å²) in [5.41, 5.74) is 5.39. The number of amides is 4. The van der Waals surface area contributed by atoms with Gasteiger partial charge in [-0.1, -0.05) is 54.1 Å². The molecule has 2 aromatic carbocycles. The first-order valence-electron chi connectivity index (χ1n) is 12.7. The predicted octanol–water partition coefficient (Wildman–Crippen LogP) is 5.11. The SMILES string of the molecule is Cc1cccc(Cl)c1NC(=O)C(c1ccccc1)N(C(=O)C(CCC(N)=O)NC(=O)OC(C)(C)C)C(C)(C)C. The minimum Gasteiger partial charge on any atom is -0.444 e. The Bertz CT molecular complexity index is 1170. The number of alkyl carbamates (subject to hydrolysis) is 1. The minimum absolute atomic E-state index is 0.0766. The number of nitrogens with zero attached hydrogens (tertiary/aromatic N) is 1. The molecular formula is C29H39ClN4O5. The molecule has 0 heterocycles. The highest BCUT2D eigenvalue weighted by atomic mass is 35.5. The highest BCUT2D eigenvalue weighted by Gasteiger charge is 2.42. The molecule has 0 aliphatic rings. The van der Waals surface area contributed by atoms with Crippen LogP contribution in [0.4, 0.5) is 10.5 Å². The van der Waals surface area contributed by atoms with Gasteiger partial charge in [0.1, 0.15) is 17.7 Å². The van der Waals surface area contributed by atoms with Gasteiger partial charge in [0.25, 0.3) is 5.91 Å². The van der Waals surface area contributed by atoms with Crippen molar-refractivity contribution in [3.05, 3.63) is 64.7 Å². The van der Waals surface area contributed by atoms with Crippen molar-refractivity contribution >= 4 is 41.1 Å². The number of anilines is 1. The molecule has 0 aromatic heterocycles. The van der Waals surface area contributed by atoms with E-state index in [1.165, 1.54) is 4.90 Å². The first kappa shape index (κ1) is 31.6. The summed E-state index contributed by atoms with van der Waals surface area (Å²) < 4.78 is 5.36. The van der Waals surface area contributed by atoms with Crippen molar-refractivity contribution in [1.82, 2.24) is 10.2 Å². The van der Waals surface area contributed by atoms with E-state index < -0.39 is 47.0 Å². The van der Waals surface area contributed by atoms with Gasteiger partial charge >= 0.3 is 6.09 Å². The molecule has 39 heavy (non-hydrogen) atoms. The molecule has 0 saturated heterocycles. The second kappa shape index (κ2) is 13.0. The highest BCUT2D eigenvalue weighted by molar-refractivity contribution is 6.34. The van der Waals surface area contributed by atoms with Crippen molar-refractivity contribution in [2.75, 3.05) is 5.32 Å². The number of hydrogen-bond donors (Lipinski definition) is 3. The predicted molar refractivity (Wildman–Crippen MR) is 152 cm³/mol. The molecule has 0 fully saturated rings. The van der Waals surface area contributed by atoms with Gasteiger partial charge in [-0.05, 0) is 72.1 Å². The number of carbonyl (C=O) groups is 4. The molecule has 0 spiro atoms. The summed E-state index contributed by atoms with van der Waals surface area (Å²) in [4.78, 5) is 53.9. The van der Waals surface area contributed by atoms with Crippen LogP contribution < -0.4 is 16.4 Å². The normalized spacial score (nSPS) is 13.1. The minimum atomic E-state index is -1.19. The van der Waals surface area contributed by atoms with Crippen LogP contribution in [0.3, 0.4) is 0 Å². The van der Waals surface area contributed by atoms with Gasteiger partial charge in [0.2, 0.25) is 11.8 Å². The van der Waals surface area contributed by atoms with Gasteiger partial charge in [0.05, 0.1) is 10.7 Å². The number of benzene rings is 2. The number of aryl methyl sites for hydroxylation is 1. The number of carbonyl (C=O) groups excluding carboxylic acids is 4. The molecule has 9 nitrogen and oxygen atoms in total. The molecule has 0 aliphatic heterocycles. The van der Waals surface area contributed by atoms with Gasteiger partial charge in [-0.15, -0.1) is 0 Å². The maximum atomic E-state index is 14.2. The Balaban J connectivity index is 2.59. The van der Waals surface area contributed by atoms with Gasteiger partial charge in [0, 0.05) is 12.0 Å². The molecule has 0 saturated carbocycles. The van der Waals surface area contributed by atoms with E-state index in [0.717, 1.165) is 5.56 Å². The Kier molecular flexibility index (Phi) is 10.5. The molecule has 2 aromatic rings. The van der Waals surface area contributed by atoms with Crippen LogP contribution in [0.25, 0.3) is 0 Å². The topological polar surface area (TPSA) is 131 Å². The average molecular weight is 559 g/mol. The van der Waals surface area contributed by atoms with Crippen LogP contribution in [0.5, 0.6) is 0 Å². The van der Waals surface area contributed by atoms with Gasteiger partial charge in [-0.3, -0.25) is 14.4 Å². The van der Waals surface area contributed by atoms with Crippen molar-refractivity contribution in [1.29, 1.82) is 0 Å². The van der Waals surface area contributed by atoms with Crippen molar-refractivity contribution in [3.63, 3.8) is 0 Å². The zero-order chi connectivity index (χ0) is 29.5. The van der Waals surface area contributed by atoms with Crippen LogP contribution in [-0.2, 0) is 19.1 Å². The molecule has 212 valence electrons. The Labute approximate surface area is 235 Å². The van der Waals surface area contributed by atoms with E-state index in [-0.39, 0.29) is 12.8 Å². The summed E-state index contributed by atoms with van der Waals surface area (Å²) in [7, 11) is 0. The highest BCUT2D eigenvalue weighted by Crippen LogP contribution is 2.33. The van der Waals surface area contributed by atoms with Gasteiger partial charge < -0.3 is 26.0 Å². The fourth-order valence-corrected chi connectivity index (χ4v) is 4.31. The molecule has 2 rings (SSSR count). The average Bonchev–Trinajstić information content (AvgIpc) is 2.80. The lowest BCUT2D eigenvalue weighted by Crippen LogP contribution is -2.58. The van der Waals surface area contributed by atoms with E-state index in [9.17, 15) is 19.2 Å². The van der Waals surface area contributed by atoms with Crippen molar-refractivity contribution in [2.24, 2.45) is 5.73 Å². The van der Waals surface area contributed by atoms with E-state index in [4.69, 9.17) is 22.1 Å².